The molecule has 1 aliphatic heterocycles. The lowest BCUT2D eigenvalue weighted by atomic mass is 9.83. The maximum Gasteiger partial charge on any atom is 0.268 e. The molecule has 1 saturated heterocycles. The van der Waals surface area contributed by atoms with Crippen LogP contribution in [0.15, 0.2) is 29.2 Å². The first-order chi connectivity index (χ1) is 18.3. The highest BCUT2D eigenvalue weighted by Crippen LogP contribution is 2.37. The van der Waals surface area contributed by atoms with Gasteiger partial charge in [0.25, 0.3) is 5.91 Å². The fourth-order valence-electron chi connectivity index (χ4n) is 5.90. The number of hydrogen-bond donors (Lipinski definition) is 2. The monoisotopic (exact) mass is 555 g/mol. The summed E-state index contributed by atoms with van der Waals surface area (Å²) in [7, 11) is 0.716. The van der Waals surface area contributed by atoms with E-state index in [1.165, 1.54) is 37.8 Å². The van der Waals surface area contributed by atoms with Crippen LogP contribution in [0.1, 0.15) is 108 Å². The van der Waals surface area contributed by atoms with Crippen molar-refractivity contribution >= 4 is 16.9 Å². The van der Waals surface area contributed by atoms with Crippen LogP contribution in [0.3, 0.4) is 0 Å². The Kier molecular flexibility index (Phi) is 9.45. The second kappa shape index (κ2) is 12.3. The highest BCUT2D eigenvalue weighted by Gasteiger charge is 2.28. The molecule has 6 nitrogen and oxygen atoms in total. The minimum atomic E-state index is -1.33. The molecule has 2 aliphatic rings. The van der Waals surface area contributed by atoms with Crippen molar-refractivity contribution in [3.63, 3.8) is 0 Å². The van der Waals surface area contributed by atoms with E-state index < -0.39 is 11.0 Å². The molecule has 1 amide bonds. The van der Waals surface area contributed by atoms with E-state index in [4.69, 9.17) is 4.74 Å². The Morgan fingerprint density at radius 3 is 2.28 bits per heavy atom. The second-order valence-corrected chi connectivity index (χ2v) is 14.8. The summed E-state index contributed by atoms with van der Waals surface area (Å²) in [6.07, 6.45) is 9.08. The van der Waals surface area contributed by atoms with Crippen molar-refractivity contribution < 1.29 is 13.7 Å². The smallest absolute Gasteiger partial charge is 0.268 e. The normalized spacial score (nSPS) is 18.7. The van der Waals surface area contributed by atoms with Crippen LogP contribution in [0.4, 0.5) is 0 Å². The summed E-state index contributed by atoms with van der Waals surface area (Å²) in [5.74, 6) is 0.631. The zero-order valence-electron chi connectivity index (χ0n) is 25.1. The van der Waals surface area contributed by atoms with Crippen molar-refractivity contribution in [3.8, 4) is 11.1 Å². The van der Waals surface area contributed by atoms with E-state index in [0.717, 1.165) is 40.8 Å². The summed E-state index contributed by atoms with van der Waals surface area (Å²) in [6.45, 7) is 14.0. The molecule has 0 bridgehead atoms. The van der Waals surface area contributed by atoms with Gasteiger partial charge in [0.05, 0.1) is 4.90 Å². The average molecular weight is 556 g/mol. The third-order valence-corrected chi connectivity index (χ3v) is 9.60. The molecule has 1 unspecified atom stereocenters. The molecule has 39 heavy (non-hydrogen) atoms. The van der Waals surface area contributed by atoms with Gasteiger partial charge in [-0.2, -0.15) is 0 Å². The number of benzene rings is 1. The van der Waals surface area contributed by atoms with Crippen LogP contribution in [-0.2, 0) is 34.6 Å². The third-order valence-electron chi connectivity index (χ3n) is 8.05. The van der Waals surface area contributed by atoms with Gasteiger partial charge in [0.15, 0.2) is 0 Å². The minimum Gasteiger partial charge on any atom is -0.381 e. The molecule has 4 rings (SSSR count). The molecule has 1 atom stereocenters. The van der Waals surface area contributed by atoms with E-state index in [0.29, 0.717) is 24.8 Å². The molecule has 216 valence electrons. The lowest BCUT2D eigenvalue weighted by Crippen LogP contribution is -2.39. The summed E-state index contributed by atoms with van der Waals surface area (Å²) in [5, 5.41) is 3.26. The van der Waals surface area contributed by atoms with Crippen molar-refractivity contribution in [3.05, 3.63) is 41.2 Å². The number of hydrogen-bond acceptors (Lipinski definition) is 3. The van der Waals surface area contributed by atoms with Gasteiger partial charge < -0.3 is 14.6 Å². The first-order valence-electron chi connectivity index (χ1n) is 14.7. The van der Waals surface area contributed by atoms with Crippen molar-refractivity contribution in [1.29, 1.82) is 0 Å². The molecule has 7 heteroatoms. The second-order valence-electron chi connectivity index (χ2n) is 13.6. The van der Waals surface area contributed by atoms with Gasteiger partial charge in [-0.1, -0.05) is 58.9 Å². The van der Waals surface area contributed by atoms with Crippen molar-refractivity contribution in [2.24, 2.45) is 13.0 Å². The lowest BCUT2D eigenvalue weighted by Gasteiger charge is -2.26. The number of nitrogens with one attached hydrogen (secondary N) is 2. The Hall–Kier alpha value is -1.96. The van der Waals surface area contributed by atoms with E-state index in [1.807, 2.05) is 33.9 Å². The fourth-order valence-corrected chi connectivity index (χ4v) is 7.32. The SMILES string of the molecule is Cn1c(C(=O)NC2CCOCC2)cc(-c2ccc(S(=O)NC(C)(C)C)c(C(C)(C)C)c2)c1CC1CCCCC1. The van der Waals surface area contributed by atoms with Crippen LogP contribution < -0.4 is 10.0 Å². The van der Waals surface area contributed by atoms with Gasteiger partial charge in [0.2, 0.25) is 0 Å². The van der Waals surface area contributed by atoms with Crippen LogP contribution in [0.5, 0.6) is 0 Å². The fraction of sp³-hybridized carbons (Fsp3) is 0.656. The van der Waals surface area contributed by atoms with E-state index in [-0.39, 0.29) is 22.9 Å². The van der Waals surface area contributed by atoms with E-state index in [2.05, 4.69) is 53.6 Å². The molecule has 1 saturated carbocycles. The number of carbonyl (C=O) groups excluding carboxylic acids is 1. The lowest BCUT2D eigenvalue weighted by molar-refractivity contribution is 0.0692. The Bertz CT molecular complexity index is 1180. The Balaban J connectivity index is 1.75. The summed E-state index contributed by atoms with van der Waals surface area (Å²) < 4.78 is 24.2. The van der Waals surface area contributed by atoms with Crippen LogP contribution in [0.25, 0.3) is 11.1 Å². The maximum absolute atomic E-state index is 13.5. The molecule has 2 heterocycles. The van der Waals surface area contributed by atoms with E-state index in [9.17, 15) is 9.00 Å². The van der Waals surface area contributed by atoms with Gasteiger partial charge in [0, 0.05) is 43.1 Å². The number of ether oxygens (including phenoxy) is 1. The highest BCUT2D eigenvalue weighted by atomic mass is 32.2. The number of amides is 1. The standard InChI is InChI=1S/C32H49N3O3S/c1-31(2,3)26-20-23(13-14-29(26)39(37)34-32(4,5)6)25-21-28(30(36)33-24-15-17-38-18-16-24)35(7)27(25)19-22-11-9-8-10-12-22/h13-14,20-22,24,34H,8-12,15-19H2,1-7H3,(H,33,36). The van der Waals surface area contributed by atoms with E-state index >= 15 is 0 Å². The predicted molar refractivity (Wildman–Crippen MR) is 160 cm³/mol. The quantitative estimate of drug-likeness (QED) is 0.413. The zero-order chi connectivity index (χ0) is 28.4. The van der Waals surface area contributed by atoms with Crippen LogP contribution in [0, 0.1) is 5.92 Å². The van der Waals surface area contributed by atoms with Crippen LogP contribution >= 0.6 is 0 Å². The average Bonchev–Trinajstić information content (AvgIpc) is 3.19. The van der Waals surface area contributed by atoms with Crippen LogP contribution in [-0.4, -0.2) is 39.5 Å². The van der Waals surface area contributed by atoms with Gasteiger partial charge in [0.1, 0.15) is 16.7 Å². The first kappa shape index (κ1) is 30.0. The van der Waals surface area contributed by atoms with Gasteiger partial charge >= 0.3 is 0 Å². The van der Waals surface area contributed by atoms with Gasteiger partial charge in [-0.05, 0) is 80.7 Å². The molecule has 1 aromatic carbocycles. The Labute approximate surface area is 238 Å². The number of aromatic nitrogens is 1. The van der Waals surface area contributed by atoms with Gasteiger partial charge in [-0.3, -0.25) is 4.79 Å². The molecular weight excluding hydrogens is 506 g/mol. The molecule has 2 N–H and O–H groups in total. The molecule has 2 aromatic rings. The van der Waals surface area contributed by atoms with Crippen molar-refractivity contribution in [2.75, 3.05) is 13.2 Å². The topological polar surface area (TPSA) is 72.4 Å². The minimum absolute atomic E-state index is 0.0105. The molecule has 0 spiro atoms. The summed E-state index contributed by atoms with van der Waals surface area (Å²) >= 11 is 0. The predicted octanol–water partition coefficient (Wildman–Crippen LogP) is 6.43. The van der Waals surface area contributed by atoms with Crippen LogP contribution in [0.2, 0.25) is 0 Å². The van der Waals surface area contributed by atoms with Crippen molar-refractivity contribution in [2.45, 2.75) is 115 Å². The maximum atomic E-state index is 13.5. The van der Waals surface area contributed by atoms with Crippen molar-refractivity contribution in [1.82, 2.24) is 14.6 Å². The molecule has 2 fully saturated rings. The summed E-state index contributed by atoms with van der Waals surface area (Å²) in [6, 6.07) is 8.55. The molecule has 0 radical (unpaired) electrons. The zero-order valence-corrected chi connectivity index (χ0v) is 25.9. The Morgan fingerprint density at radius 1 is 1.00 bits per heavy atom. The first-order valence-corrected chi connectivity index (χ1v) is 15.9. The van der Waals surface area contributed by atoms with Gasteiger partial charge in [-0.25, -0.2) is 8.93 Å². The summed E-state index contributed by atoms with van der Waals surface area (Å²) in [5.41, 5.74) is 4.74. The third kappa shape index (κ3) is 7.62. The number of carbonyl (C=O) groups is 1. The largest absolute Gasteiger partial charge is 0.381 e. The molecule has 1 aromatic heterocycles. The molecule has 1 aliphatic carbocycles. The number of rotatable bonds is 7. The summed E-state index contributed by atoms with van der Waals surface area (Å²) in [4.78, 5) is 14.3. The Morgan fingerprint density at radius 2 is 1.67 bits per heavy atom. The van der Waals surface area contributed by atoms with Gasteiger partial charge in [-0.15, -0.1) is 0 Å². The number of nitrogens with zero attached hydrogens (tertiary/aromatic N) is 1. The van der Waals surface area contributed by atoms with E-state index in [1.54, 1.807) is 0 Å². The molecular formula is C32H49N3O3S. The highest BCUT2D eigenvalue weighted by molar-refractivity contribution is 7.83.